The number of carbonyl (C=O) groups is 2. The van der Waals surface area contributed by atoms with Crippen LogP contribution in [0.3, 0.4) is 0 Å². The molecule has 6 nitrogen and oxygen atoms in total. The normalized spacial score (nSPS) is 9.69. The summed E-state index contributed by atoms with van der Waals surface area (Å²) < 4.78 is 0. The summed E-state index contributed by atoms with van der Waals surface area (Å²) in [7, 11) is 0. The van der Waals surface area contributed by atoms with E-state index in [0.29, 0.717) is 5.69 Å². The van der Waals surface area contributed by atoms with Gasteiger partial charge in [-0.05, 0) is 13.0 Å². The zero-order valence-corrected chi connectivity index (χ0v) is 9.63. The Kier molecular flexibility index (Phi) is 4.19. The second-order valence-corrected chi connectivity index (χ2v) is 3.50. The number of halogens is 1. The van der Waals surface area contributed by atoms with Crippen molar-refractivity contribution in [1.29, 1.82) is 0 Å². The second kappa shape index (κ2) is 5.41. The van der Waals surface area contributed by atoms with Gasteiger partial charge in [-0.3, -0.25) is 14.9 Å². The Bertz CT molecular complexity index is 402. The number of aryl methyl sites for hydroxylation is 1. The maximum Gasteiger partial charge on any atom is 0.246 e. The lowest BCUT2D eigenvalue weighted by Gasteiger charge is -2.04. The van der Waals surface area contributed by atoms with E-state index in [1.165, 1.54) is 6.92 Å². The minimum Gasteiger partial charge on any atom is -0.347 e. The Morgan fingerprint density at radius 2 is 2.12 bits per heavy atom. The fourth-order valence-corrected chi connectivity index (χ4v) is 1.20. The van der Waals surface area contributed by atoms with Gasteiger partial charge in [0.15, 0.2) is 0 Å². The Hall–Kier alpha value is -1.69. The average molecular weight is 243 g/mol. The molecule has 7 heteroatoms. The van der Waals surface area contributed by atoms with Gasteiger partial charge in [-0.1, -0.05) is 11.6 Å². The predicted octanol–water partition coefficient (Wildman–Crippen LogP) is 0.513. The molecule has 0 aliphatic carbocycles. The van der Waals surface area contributed by atoms with Crippen LogP contribution in [0.5, 0.6) is 0 Å². The number of amides is 2. The second-order valence-electron chi connectivity index (χ2n) is 3.11. The number of anilines is 1. The summed E-state index contributed by atoms with van der Waals surface area (Å²) in [6.45, 7) is 2.94. The highest BCUT2D eigenvalue weighted by molar-refractivity contribution is 6.29. The van der Waals surface area contributed by atoms with Gasteiger partial charge in [0.05, 0.1) is 6.54 Å². The lowest BCUT2D eigenvalue weighted by molar-refractivity contribution is -0.122. The molecule has 16 heavy (non-hydrogen) atoms. The van der Waals surface area contributed by atoms with Crippen LogP contribution in [0.1, 0.15) is 12.6 Å². The Morgan fingerprint density at radius 1 is 1.44 bits per heavy atom. The Morgan fingerprint density at radius 3 is 2.69 bits per heavy atom. The van der Waals surface area contributed by atoms with Crippen LogP contribution < -0.4 is 10.6 Å². The molecular formula is C9H11ClN4O2. The van der Waals surface area contributed by atoms with Gasteiger partial charge in [-0.15, -0.1) is 0 Å². The highest BCUT2D eigenvalue weighted by atomic mass is 35.5. The third-order valence-electron chi connectivity index (χ3n) is 1.57. The molecule has 0 radical (unpaired) electrons. The number of hydrogen-bond donors (Lipinski definition) is 2. The molecule has 0 aromatic carbocycles. The van der Waals surface area contributed by atoms with Gasteiger partial charge in [0.1, 0.15) is 5.15 Å². The number of nitrogens with one attached hydrogen (secondary N) is 2. The lowest BCUT2D eigenvalue weighted by atomic mass is 10.4. The average Bonchev–Trinajstić information content (AvgIpc) is 2.12. The van der Waals surface area contributed by atoms with Crippen molar-refractivity contribution in [2.75, 3.05) is 11.9 Å². The SMILES string of the molecule is CC(=O)NCC(=O)Nc1nc(C)cc(Cl)n1. The third kappa shape index (κ3) is 4.22. The van der Waals surface area contributed by atoms with E-state index < -0.39 is 5.91 Å². The number of aromatic nitrogens is 2. The van der Waals surface area contributed by atoms with Crippen LogP contribution in [-0.4, -0.2) is 28.3 Å². The van der Waals surface area contributed by atoms with Crippen molar-refractivity contribution in [1.82, 2.24) is 15.3 Å². The zero-order chi connectivity index (χ0) is 12.1. The molecule has 0 atom stereocenters. The van der Waals surface area contributed by atoms with Gasteiger partial charge in [0.2, 0.25) is 17.8 Å². The largest absolute Gasteiger partial charge is 0.347 e. The molecule has 0 bridgehead atoms. The summed E-state index contributed by atoms with van der Waals surface area (Å²) in [6.07, 6.45) is 0. The van der Waals surface area contributed by atoms with Crippen LogP contribution in [0.15, 0.2) is 6.07 Å². The minimum absolute atomic E-state index is 0.121. The molecule has 0 saturated heterocycles. The molecule has 0 fully saturated rings. The van der Waals surface area contributed by atoms with E-state index in [9.17, 15) is 9.59 Å². The fraction of sp³-hybridized carbons (Fsp3) is 0.333. The van der Waals surface area contributed by atoms with Crippen LogP contribution >= 0.6 is 11.6 Å². The molecule has 0 saturated carbocycles. The van der Waals surface area contributed by atoms with E-state index in [1.54, 1.807) is 13.0 Å². The third-order valence-corrected chi connectivity index (χ3v) is 1.77. The summed E-state index contributed by atoms with van der Waals surface area (Å²) in [6, 6.07) is 1.57. The van der Waals surface area contributed by atoms with E-state index in [2.05, 4.69) is 20.6 Å². The van der Waals surface area contributed by atoms with Gasteiger partial charge >= 0.3 is 0 Å². The van der Waals surface area contributed by atoms with E-state index in [0.717, 1.165) is 0 Å². The van der Waals surface area contributed by atoms with Gasteiger partial charge in [-0.2, -0.15) is 0 Å². The zero-order valence-electron chi connectivity index (χ0n) is 8.87. The molecule has 2 N–H and O–H groups in total. The molecule has 1 heterocycles. The first-order chi connectivity index (χ1) is 7.47. The molecule has 1 aromatic heterocycles. The van der Waals surface area contributed by atoms with E-state index in [4.69, 9.17) is 11.6 Å². The topological polar surface area (TPSA) is 84.0 Å². The first kappa shape index (κ1) is 12.4. The summed E-state index contributed by atoms with van der Waals surface area (Å²) in [4.78, 5) is 29.6. The molecule has 0 spiro atoms. The Labute approximate surface area is 97.4 Å². The highest BCUT2D eigenvalue weighted by Crippen LogP contribution is 2.09. The first-order valence-electron chi connectivity index (χ1n) is 4.53. The minimum atomic E-state index is -0.406. The molecule has 1 aromatic rings. The standard InChI is InChI=1S/C9H11ClN4O2/c1-5-3-7(10)13-9(12-5)14-8(16)4-11-6(2)15/h3H,4H2,1-2H3,(H,11,15)(H,12,13,14,16). The molecule has 0 unspecified atom stereocenters. The predicted molar refractivity (Wildman–Crippen MR) is 59.1 cm³/mol. The molecular weight excluding hydrogens is 232 g/mol. The van der Waals surface area contributed by atoms with Crippen LogP contribution in [0, 0.1) is 6.92 Å². The van der Waals surface area contributed by atoms with Crippen molar-refractivity contribution < 1.29 is 9.59 Å². The van der Waals surface area contributed by atoms with Gasteiger partial charge in [0.25, 0.3) is 0 Å². The van der Waals surface area contributed by atoms with Crippen LogP contribution in [0.4, 0.5) is 5.95 Å². The van der Waals surface area contributed by atoms with Crippen molar-refractivity contribution >= 4 is 29.4 Å². The molecule has 86 valence electrons. The highest BCUT2D eigenvalue weighted by Gasteiger charge is 2.06. The van der Waals surface area contributed by atoms with Crippen LogP contribution in [-0.2, 0) is 9.59 Å². The number of hydrogen-bond acceptors (Lipinski definition) is 4. The number of nitrogens with zero attached hydrogens (tertiary/aromatic N) is 2. The smallest absolute Gasteiger partial charge is 0.246 e. The van der Waals surface area contributed by atoms with Crippen molar-refractivity contribution in [3.8, 4) is 0 Å². The van der Waals surface area contributed by atoms with Gasteiger partial charge in [0, 0.05) is 12.6 Å². The monoisotopic (exact) mass is 242 g/mol. The van der Waals surface area contributed by atoms with Crippen molar-refractivity contribution in [3.05, 3.63) is 16.9 Å². The van der Waals surface area contributed by atoms with E-state index >= 15 is 0 Å². The summed E-state index contributed by atoms with van der Waals surface area (Å²) in [5.41, 5.74) is 0.648. The van der Waals surface area contributed by atoms with Crippen molar-refractivity contribution in [2.45, 2.75) is 13.8 Å². The molecule has 2 amide bonds. The van der Waals surface area contributed by atoms with E-state index in [-0.39, 0.29) is 23.6 Å². The molecule has 0 aliphatic rings. The van der Waals surface area contributed by atoms with Gasteiger partial charge < -0.3 is 5.32 Å². The van der Waals surface area contributed by atoms with Crippen molar-refractivity contribution in [2.24, 2.45) is 0 Å². The van der Waals surface area contributed by atoms with Gasteiger partial charge in [-0.25, -0.2) is 9.97 Å². The fourth-order valence-electron chi connectivity index (χ4n) is 0.960. The first-order valence-corrected chi connectivity index (χ1v) is 4.90. The van der Waals surface area contributed by atoms with Crippen LogP contribution in [0.25, 0.3) is 0 Å². The van der Waals surface area contributed by atoms with Crippen LogP contribution in [0.2, 0.25) is 5.15 Å². The quantitative estimate of drug-likeness (QED) is 0.757. The summed E-state index contributed by atoms with van der Waals surface area (Å²) in [5, 5.41) is 5.03. The number of rotatable bonds is 3. The maximum atomic E-state index is 11.3. The molecule has 1 rings (SSSR count). The maximum absolute atomic E-state index is 11.3. The summed E-state index contributed by atoms with van der Waals surface area (Å²) >= 11 is 5.69. The number of carbonyl (C=O) groups excluding carboxylic acids is 2. The summed E-state index contributed by atoms with van der Waals surface area (Å²) in [5.74, 6) is -0.560. The lowest BCUT2D eigenvalue weighted by Crippen LogP contribution is -2.31. The van der Waals surface area contributed by atoms with Crippen molar-refractivity contribution in [3.63, 3.8) is 0 Å². The molecule has 0 aliphatic heterocycles. The Balaban J connectivity index is 2.59. The van der Waals surface area contributed by atoms with E-state index in [1.807, 2.05) is 0 Å².